The normalized spacial score (nSPS) is 11.0. The van der Waals surface area contributed by atoms with Crippen LogP contribution in [0.2, 0.25) is 0 Å². The molecule has 0 amide bonds. The van der Waals surface area contributed by atoms with E-state index in [0.717, 1.165) is 16.7 Å². The van der Waals surface area contributed by atoms with Gasteiger partial charge in [-0.15, -0.1) is 0 Å². The van der Waals surface area contributed by atoms with Crippen molar-refractivity contribution >= 4 is 16.7 Å². The van der Waals surface area contributed by atoms with Crippen molar-refractivity contribution in [1.82, 2.24) is 14.5 Å². The number of rotatable bonds is 1. The Morgan fingerprint density at radius 3 is 2.72 bits per heavy atom. The Morgan fingerprint density at radius 2 is 1.94 bits per heavy atom. The van der Waals surface area contributed by atoms with Crippen LogP contribution in [0.5, 0.6) is 0 Å². The summed E-state index contributed by atoms with van der Waals surface area (Å²) in [4.78, 5) is 8.43. The Kier molecular flexibility index (Phi) is 2.30. The second-order valence-electron chi connectivity index (χ2n) is 4.47. The molecule has 2 N–H and O–H groups in total. The van der Waals surface area contributed by atoms with Gasteiger partial charge in [0.1, 0.15) is 6.33 Å². The van der Waals surface area contributed by atoms with Gasteiger partial charge in [0.25, 0.3) is 0 Å². The average molecular weight is 238 g/mol. The number of nitrogens with zero attached hydrogens (tertiary/aromatic N) is 3. The number of pyridine rings is 1. The number of imidazole rings is 1. The molecule has 0 bridgehead atoms. The number of nitrogen functional groups attached to an aromatic ring is 1. The number of nitrogens with two attached hydrogens (primary N) is 1. The van der Waals surface area contributed by atoms with E-state index in [9.17, 15) is 0 Å². The van der Waals surface area contributed by atoms with Crippen LogP contribution in [0.3, 0.4) is 0 Å². The Bertz CT molecular complexity index is 728. The van der Waals surface area contributed by atoms with E-state index in [1.165, 1.54) is 11.1 Å². The Morgan fingerprint density at radius 1 is 1.17 bits per heavy atom. The average Bonchev–Trinajstić information content (AvgIpc) is 2.73. The topological polar surface area (TPSA) is 56.7 Å². The van der Waals surface area contributed by atoms with E-state index in [0.29, 0.717) is 5.69 Å². The highest BCUT2D eigenvalue weighted by Gasteiger charge is 2.08. The zero-order chi connectivity index (χ0) is 12.7. The van der Waals surface area contributed by atoms with Gasteiger partial charge in [0.15, 0.2) is 0 Å². The van der Waals surface area contributed by atoms with E-state index in [-0.39, 0.29) is 0 Å². The molecule has 0 unspecified atom stereocenters. The zero-order valence-electron chi connectivity index (χ0n) is 10.4. The number of aryl methyl sites for hydroxylation is 2. The largest absolute Gasteiger partial charge is 0.396 e. The number of anilines is 1. The number of hydrogen-bond acceptors (Lipinski definition) is 3. The van der Waals surface area contributed by atoms with Crippen LogP contribution in [0.1, 0.15) is 11.1 Å². The molecule has 90 valence electrons. The van der Waals surface area contributed by atoms with Crippen LogP contribution in [-0.2, 0) is 0 Å². The third-order valence-corrected chi connectivity index (χ3v) is 3.25. The fraction of sp³-hybridized carbons (Fsp3) is 0.143. The molecule has 3 rings (SSSR count). The first kappa shape index (κ1) is 10.8. The van der Waals surface area contributed by atoms with Crippen LogP contribution in [-0.4, -0.2) is 14.5 Å². The Hall–Kier alpha value is -2.36. The molecular weight excluding hydrogens is 224 g/mol. The van der Waals surface area contributed by atoms with Crippen LogP contribution in [0.15, 0.2) is 36.9 Å². The summed E-state index contributed by atoms with van der Waals surface area (Å²) < 4.78 is 2.00. The lowest BCUT2D eigenvalue weighted by Gasteiger charge is -2.08. The van der Waals surface area contributed by atoms with E-state index in [1.54, 1.807) is 18.7 Å². The molecule has 0 atom stereocenters. The molecule has 0 saturated heterocycles. The summed E-state index contributed by atoms with van der Waals surface area (Å²) in [6.07, 6.45) is 5.19. The molecule has 0 aliphatic rings. The molecule has 2 heterocycles. The standard InChI is InChI=1S/C14H14N4/c1-9-5-12-14(6-10(9)2)18(8-17-12)13-3-4-16-7-11(13)15/h3-8H,15H2,1-2H3. The molecule has 0 fully saturated rings. The lowest BCUT2D eigenvalue weighted by molar-refractivity contribution is 1.08. The number of aromatic nitrogens is 3. The van der Waals surface area contributed by atoms with Crippen LogP contribution >= 0.6 is 0 Å². The quantitative estimate of drug-likeness (QED) is 0.709. The van der Waals surface area contributed by atoms with Crippen molar-refractivity contribution in [2.75, 3.05) is 5.73 Å². The van der Waals surface area contributed by atoms with Crippen molar-refractivity contribution in [2.24, 2.45) is 0 Å². The van der Waals surface area contributed by atoms with Gasteiger partial charge in [0, 0.05) is 6.20 Å². The van der Waals surface area contributed by atoms with Crippen LogP contribution in [0.25, 0.3) is 16.7 Å². The molecule has 0 saturated carbocycles. The van der Waals surface area contributed by atoms with Gasteiger partial charge in [-0.2, -0.15) is 0 Å². The molecule has 4 nitrogen and oxygen atoms in total. The Balaban J connectivity index is 2.31. The Labute approximate surface area is 105 Å². The predicted molar refractivity (Wildman–Crippen MR) is 72.8 cm³/mol. The molecular formula is C14H14N4. The first-order valence-corrected chi connectivity index (χ1v) is 5.81. The van der Waals surface area contributed by atoms with E-state index in [4.69, 9.17) is 5.73 Å². The van der Waals surface area contributed by atoms with E-state index in [2.05, 4.69) is 35.9 Å². The smallest absolute Gasteiger partial charge is 0.100 e. The predicted octanol–water partition coefficient (Wildman–Crippen LogP) is 2.62. The summed E-state index contributed by atoms with van der Waals surface area (Å²) in [5, 5.41) is 0. The minimum absolute atomic E-state index is 0.648. The van der Waals surface area contributed by atoms with Gasteiger partial charge in [0.05, 0.1) is 28.6 Å². The second-order valence-corrected chi connectivity index (χ2v) is 4.47. The lowest BCUT2D eigenvalue weighted by atomic mass is 10.1. The summed E-state index contributed by atoms with van der Waals surface area (Å²) in [7, 11) is 0. The van der Waals surface area contributed by atoms with Crippen molar-refractivity contribution in [2.45, 2.75) is 13.8 Å². The fourth-order valence-electron chi connectivity index (χ4n) is 2.07. The molecule has 2 aromatic heterocycles. The van der Waals surface area contributed by atoms with Crippen molar-refractivity contribution in [3.8, 4) is 5.69 Å². The highest BCUT2D eigenvalue weighted by Crippen LogP contribution is 2.24. The van der Waals surface area contributed by atoms with Crippen molar-refractivity contribution in [3.05, 3.63) is 48.0 Å². The van der Waals surface area contributed by atoms with Crippen LogP contribution < -0.4 is 5.73 Å². The number of benzene rings is 1. The number of fused-ring (bicyclic) bond motifs is 1. The van der Waals surface area contributed by atoms with E-state index < -0.39 is 0 Å². The summed E-state index contributed by atoms with van der Waals surface area (Å²) in [5.74, 6) is 0. The van der Waals surface area contributed by atoms with Gasteiger partial charge in [0.2, 0.25) is 0 Å². The highest BCUT2D eigenvalue weighted by molar-refractivity contribution is 5.80. The summed E-state index contributed by atoms with van der Waals surface area (Å²) in [6, 6.07) is 6.13. The molecule has 0 aliphatic carbocycles. The van der Waals surface area contributed by atoms with Gasteiger partial charge in [-0.3, -0.25) is 9.55 Å². The van der Waals surface area contributed by atoms with Gasteiger partial charge in [-0.05, 0) is 43.2 Å². The van der Waals surface area contributed by atoms with Gasteiger partial charge >= 0.3 is 0 Å². The van der Waals surface area contributed by atoms with Gasteiger partial charge < -0.3 is 5.73 Å². The van der Waals surface area contributed by atoms with Gasteiger partial charge in [-0.1, -0.05) is 0 Å². The molecule has 4 heteroatoms. The lowest BCUT2D eigenvalue weighted by Crippen LogP contribution is -1.99. The van der Waals surface area contributed by atoms with E-state index in [1.807, 2.05) is 10.6 Å². The molecule has 0 radical (unpaired) electrons. The SMILES string of the molecule is Cc1cc2ncn(-c3ccncc3N)c2cc1C. The first-order valence-electron chi connectivity index (χ1n) is 5.81. The minimum Gasteiger partial charge on any atom is -0.396 e. The maximum absolute atomic E-state index is 5.96. The summed E-state index contributed by atoms with van der Waals surface area (Å²) in [5.41, 5.74) is 12.1. The number of hydrogen-bond donors (Lipinski definition) is 1. The third kappa shape index (κ3) is 1.54. The molecule has 1 aromatic carbocycles. The molecule has 18 heavy (non-hydrogen) atoms. The molecule has 0 aliphatic heterocycles. The minimum atomic E-state index is 0.648. The van der Waals surface area contributed by atoms with Crippen LogP contribution in [0, 0.1) is 13.8 Å². The van der Waals surface area contributed by atoms with Gasteiger partial charge in [-0.25, -0.2) is 4.98 Å². The van der Waals surface area contributed by atoms with Crippen molar-refractivity contribution in [1.29, 1.82) is 0 Å². The van der Waals surface area contributed by atoms with E-state index >= 15 is 0 Å². The molecule has 0 spiro atoms. The maximum atomic E-state index is 5.96. The molecule has 3 aromatic rings. The first-order chi connectivity index (χ1) is 8.66. The maximum Gasteiger partial charge on any atom is 0.100 e. The second kappa shape index (κ2) is 3.84. The van der Waals surface area contributed by atoms with Crippen molar-refractivity contribution in [3.63, 3.8) is 0 Å². The zero-order valence-corrected chi connectivity index (χ0v) is 10.4. The monoisotopic (exact) mass is 238 g/mol. The van der Waals surface area contributed by atoms with Crippen LogP contribution in [0.4, 0.5) is 5.69 Å². The third-order valence-electron chi connectivity index (χ3n) is 3.25. The highest BCUT2D eigenvalue weighted by atomic mass is 15.1. The fourth-order valence-corrected chi connectivity index (χ4v) is 2.07. The van der Waals surface area contributed by atoms with Crippen molar-refractivity contribution < 1.29 is 0 Å². The summed E-state index contributed by atoms with van der Waals surface area (Å²) >= 11 is 0. The summed E-state index contributed by atoms with van der Waals surface area (Å²) in [6.45, 7) is 4.19.